The molecule has 0 saturated heterocycles. The van der Waals surface area contributed by atoms with Crippen molar-refractivity contribution in [3.63, 3.8) is 0 Å². The maximum atomic E-state index is 9.92. The molecule has 3 rings (SSSR count). The number of ether oxygens (including phenoxy) is 1. The van der Waals surface area contributed by atoms with Crippen LogP contribution in [0.2, 0.25) is 0 Å². The number of para-hydroxylation sites is 1. The normalized spacial score (nSPS) is 18.2. The van der Waals surface area contributed by atoms with Crippen LogP contribution in [0.3, 0.4) is 0 Å². The molecule has 3 heteroatoms. The fourth-order valence-electron chi connectivity index (χ4n) is 3.57. The highest BCUT2D eigenvalue weighted by molar-refractivity contribution is 5.86. The molecule has 2 aromatic rings. The Hall–Kier alpha value is -1.87. The van der Waals surface area contributed by atoms with Gasteiger partial charge in [-0.2, -0.15) is 0 Å². The molecular weight excluding hydrogens is 310 g/mol. The van der Waals surface area contributed by atoms with E-state index < -0.39 is 0 Å². The van der Waals surface area contributed by atoms with E-state index in [1.54, 1.807) is 12.3 Å². The Morgan fingerprint density at radius 3 is 2.92 bits per heavy atom. The summed E-state index contributed by atoms with van der Waals surface area (Å²) in [6, 6.07) is 7.70. The number of fused-ring (bicyclic) bond motifs is 1. The highest BCUT2D eigenvalue weighted by Gasteiger charge is 2.09. The van der Waals surface area contributed by atoms with Crippen LogP contribution >= 0.6 is 0 Å². The Bertz CT molecular complexity index is 695. The molecule has 1 atom stereocenters. The first-order chi connectivity index (χ1) is 12.3. The minimum atomic E-state index is 0.266. The first kappa shape index (κ1) is 17.9. The van der Waals surface area contributed by atoms with Gasteiger partial charge in [-0.15, -0.1) is 0 Å². The number of unbranched alkanes of at least 4 members (excludes halogenated alkanes) is 2. The molecule has 0 aliphatic heterocycles. The minimum Gasteiger partial charge on any atom is -0.506 e. The third kappa shape index (κ3) is 5.30. The number of phenols is 1. The lowest BCUT2D eigenvalue weighted by Crippen LogP contribution is -2.14. The SMILES string of the molecule is Oc1cccc2c(CCCCCOC3CCC=CCCC3)ccnc12. The van der Waals surface area contributed by atoms with E-state index in [-0.39, 0.29) is 5.75 Å². The van der Waals surface area contributed by atoms with Crippen LogP contribution in [-0.4, -0.2) is 22.8 Å². The van der Waals surface area contributed by atoms with Crippen LogP contribution in [0.1, 0.15) is 56.9 Å². The topological polar surface area (TPSA) is 42.4 Å². The summed E-state index contributed by atoms with van der Waals surface area (Å²) in [6.45, 7) is 0.881. The number of phenolic OH excluding ortho intramolecular Hbond substituents is 1. The Kier molecular flexibility index (Phi) is 6.87. The Morgan fingerprint density at radius 1 is 1.04 bits per heavy atom. The highest BCUT2D eigenvalue weighted by atomic mass is 16.5. The number of nitrogens with zero attached hydrogens (tertiary/aromatic N) is 1. The molecule has 0 fully saturated rings. The molecule has 0 amide bonds. The molecule has 1 aromatic heterocycles. The van der Waals surface area contributed by atoms with Crippen molar-refractivity contribution in [3.05, 3.63) is 48.2 Å². The van der Waals surface area contributed by atoms with Gasteiger partial charge in [-0.3, -0.25) is 4.98 Å². The van der Waals surface area contributed by atoms with Crippen LogP contribution in [0.25, 0.3) is 10.9 Å². The quantitative estimate of drug-likeness (QED) is 0.530. The molecule has 1 unspecified atom stereocenters. The number of hydrogen-bond acceptors (Lipinski definition) is 3. The first-order valence-corrected chi connectivity index (χ1v) is 9.67. The van der Waals surface area contributed by atoms with Gasteiger partial charge in [0.2, 0.25) is 0 Å². The van der Waals surface area contributed by atoms with Crippen molar-refractivity contribution >= 4 is 10.9 Å². The van der Waals surface area contributed by atoms with Crippen molar-refractivity contribution < 1.29 is 9.84 Å². The van der Waals surface area contributed by atoms with Crippen LogP contribution in [0.4, 0.5) is 0 Å². The maximum Gasteiger partial charge on any atom is 0.141 e. The van der Waals surface area contributed by atoms with Crippen LogP contribution in [-0.2, 0) is 11.2 Å². The molecule has 0 bridgehead atoms. The zero-order chi connectivity index (χ0) is 17.3. The van der Waals surface area contributed by atoms with E-state index >= 15 is 0 Å². The van der Waals surface area contributed by atoms with E-state index in [9.17, 15) is 5.11 Å². The van der Waals surface area contributed by atoms with Crippen molar-refractivity contribution in [1.82, 2.24) is 4.98 Å². The fraction of sp³-hybridized carbons (Fsp3) is 0.500. The fourth-order valence-corrected chi connectivity index (χ4v) is 3.57. The van der Waals surface area contributed by atoms with E-state index in [4.69, 9.17) is 4.74 Å². The molecule has 25 heavy (non-hydrogen) atoms. The molecule has 1 aromatic carbocycles. The molecule has 0 radical (unpaired) electrons. The summed E-state index contributed by atoms with van der Waals surface area (Å²) in [5, 5.41) is 11.0. The number of aromatic nitrogens is 1. The summed E-state index contributed by atoms with van der Waals surface area (Å²) < 4.78 is 6.08. The lowest BCUT2D eigenvalue weighted by atomic mass is 10.0. The van der Waals surface area contributed by atoms with Crippen molar-refractivity contribution in [1.29, 1.82) is 0 Å². The third-order valence-electron chi connectivity index (χ3n) is 5.00. The van der Waals surface area contributed by atoms with E-state index in [1.807, 2.05) is 12.1 Å². The zero-order valence-corrected chi connectivity index (χ0v) is 15.0. The molecule has 1 aliphatic carbocycles. The van der Waals surface area contributed by atoms with Crippen molar-refractivity contribution in [2.24, 2.45) is 0 Å². The van der Waals surface area contributed by atoms with Gasteiger partial charge in [-0.25, -0.2) is 0 Å². The number of hydrogen-bond donors (Lipinski definition) is 1. The number of aryl methyl sites for hydroxylation is 1. The number of allylic oxidation sites excluding steroid dienone is 2. The largest absolute Gasteiger partial charge is 0.506 e. The predicted octanol–water partition coefficient (Wildman–Crippen LogP) is 5.56. The second kappa shape index (κ2) is 9.57. The molecule has 0 spiro atoms. The average Bonchev–Trinajstić information content (AvgIpc) is 2.60. The molecule has 0 saturated carbocycles. The summed E-state index contributed by atoms with van der Waals surface area (Å²) in [4.78, 5) is 4.29. The van der Waals surface area contributed by atoms with Crippen LogP contribution in [0, 0.1) is 0 Å². The van der Waals surface area contributed by atoms with Gasteiger partial charge >= 0.3 is 0 Å². The standard InChI is InChI=1S/C22H29NO2/c24-21-14-9-13-20-18(15-16-23-22(20)21)10-5-4-8-17-25-19-11-6-2-1-3-7-12-19/h1-2,9,13-16,19,24H,3-8,10-12,17H2. The lowest BCUT2D eigenvalue weighted by molar-refractivity contribution is 0.0381. The van der Waals surface area contributed by atoms with E-state index in [1.165, 1.54) is 37.7 Å². The number of rotatable bonds is 7. The first-order valence-electron chi connectivity index (χ1n) is 9.67. The minimum absolute atomic E-state index is 0.266. The van der Waals surface area contributed by atoms with Crippen LogP contribution in [0.5, 0.6) is 5.75 Å². The second-order valence-corrected chi connectivity index (χ2v) is 6.93. The Morgan fingerprint density at radius 2 is 1.96 bits per heavy atom. The maximum absolute atomic E-state index is 9.92. The highest BCUT2D eigenvalue weighted by Crippen LogP contribution is 2.25. The molecular formula is C22H29NO2. The number of aromatic hydroxyl groups is 1. The summed E-state index contributed by atoms with van der Waals surface area (Å²) >= 11 is 0. The van der Waals surface area contributed by atoms with Crippen molar-refractivity contribution in [3.8, 4) is 5.75 Å². The van der Waals surface area contributed by atoms with Gasteiger partial charge in [0.1, 0.15) is 11.3 Å². The second-order valence-electron chi connectivity index (χ2n) is 6.93. The van der Waals surface area contributed by atoms with Gasteiger partial charge in [0.15, 0.2) is 0 Å². The molecule has 134 valence electrons. The predicted molar refractivity (Wildman–Crippen MR) is 103 cm³/mol. The number of benzene rings is 1. The molecule has 1 aliphatic rings. The molecule has 3 nitrogen and oxygen atoms in total. The van der Waals surface area contributed by atoms with Crippen LogP contribution in [0.15, 0.2) is 42.6 Å². The third-order valence-corrected chi connectivity index (χ3v) is 5.00. The van der Waals surface area contributed by atoms with Gasteiger partial charge < -0.3 is 9.84 Å². The Balaban J connectivity index is 1.39. The van der Waals surface area contributed by atoms with Gasteiger partial charge in [-0.05, 0) is 69.1 Å². The summed E-state index contributed by atoms with van der Waals surface area (Å²) in [6.07, 6.45) is 17.3. The van der Waals surface area contributed by atoms with Crippen LogP contribution < -0.4 is 0 Å². The lowest BCUT2D eigenvalue weighted by Gasteiger charge is -2.18. The smallest absolute Gasteiger partial charge is 0.141 e. The summed E-state index contributed by atoms with van der Waals surface area (Å²) in [7, 11) is 0. The van der Waals surface area contributed by atoms with Gasteiger partial charge in [0.25, 0.3) is 0 Å². The van der Waals surface area contributed by atoms with Gasteiger partial charge in [0, 0.05) is 18.2 Å². The van der Waals surface area contributed by atoms with Gasteiger partial charge in [-0.1, -0.05) is 30.7 Å². The Labute approximate surface area is 150 Å². The summed E-state index contributed by atoms with van der Waals surface area (Å²) in [5.41, 5.74) is 1.98. The molecule has 1 N–H and O–H groups in total. The van der Waals surface area contributed by atoms with E-state index in [2.05, 4.69) is 23.2 Å². The van der Waals surface area contributed by atoms with Gasteiger partial charge in [0.05, 0.1) is 6.10 Å². The average molecular weight is 339 g/mol. The monoisotopic (exact) mass is 339 g/mol. The zero-order valence-electron chi connectivity index (χ0n) is 15.0. The van der Waals surface area contributed by atoms with E-state index in [0.717, 1.165) is 37.7 Å². The van der Waals surface area contributed by atoms with Crippen molar-refractivity contribution in [2.45, 2.75) is 63.9 Å². The summed E-state index contributed by atoms with van der Waals surface area (Å²) in [5.74, 6) is 0.266. The molecule has 1 heterocycles. The number of pyridine rings is 1. The van der Waals surface area contributed by atoms with Crippen molar-refractivity contribution in [2.75, 3.05) is 6.61 Å². The van der Waals surface area contributed by atoms with E-state index in [0.29, 0.717) is 11.6 Å².